The van der Waals surface area contributed by atoms with Crippen molar-refractivity contribution in [1.82, 2.24) is 0 Å². The molecule has 348 valence electrons. The first kappa shape index (κ1) is 43.8. The highest BCUT2D eigenvalue weighted by Crippen LogP contribution is 2.56. The van der Waals surface area contributed by atoms with Crippen molar-refractivity contribution in [3.8, 4) is 33.4 Å². The molecule has 0 radical (unpaired) electrons. The van der Waals surface area contributed by atoms with E-state index in [2.05, 4.69) is 268 Å². The van der Waals surface area contributed by atoms with Gasteiger partial charge in [0.1, 0.15) is 0 Å². The third-order valence-electron chi connectivity index (χ3n) is 17.0. The Hall–Kier alpha value is -8.20. The Bertz CT molecular complexity index is 3880. The molecular formula is C70H58N2. The molecule has 0 atom stereocenters. The Kier molecular flexibility index (Phi) is 10.5. The largest absolute Gasteiger partial charge is 0.310 e. The van der Waals surface area contributed by atoms with Gasteiger partial charge in [-0.25, -0.2) is 0 Å². The van der Waals surface area contributed by atoms with Gasteiger partial charge in [0.15, 0.2) is 0 Å². The predicted octanol–water partition coefficient (Wildman–Crippen LogP) is 19.9. The highest BCUT2D eigenvalue weighted by molar-refractivity contribution is 6.09. The molecule has 11 aromatic carbocycles. The first-order valence-corrected chi connectivity index (χ1v) is 26.2. The average molecular weight is 927 g/mol. The maximum absolute atomic E-state index is 2.53. The number of rotatable bonds is 11. The van der Waals surface area contributed by atoms with Gasteiger partial charge in [-0.1, -0.05) is 204 Å². The number of hydrogen-bond donors (Lipinski definition) is 0. The number of fused-ring (bicyclic) bond motifs is 9. The third kappa shape index (κ3) is 6.48. The molecule has 0 saturated carbocycles. The van der Waals surface area contributed by atoms with Gasteiger partial charge in [0.2, 0.25) is 0 Å². The molecule has 0 saturated heterocycles. The van der Waals surface area contributed by atoms with E-state index in [1.165, 1.54) is 111 Å². The molecule has 0 unspecified atom stereocenters. The van der Waals surface area contributed by atoms with Gasteiger partial charge in [-0.05, 0) is 152 Å². The first-order valence-electron chi connectivity index (χ1n) is 26.2. The number of hydrogen-bond acceptors (Lipinski definition) is 2. The lowest BCUT2D eigenvalue weighted by Crippen LogP contribution is -2.23. The molecule has 2 heteroatoms. The zero-order valence-electron chi connectivity index (χ0n) is 41.7. The fourth-order valence-corrected chi connectivity index (χ4v) is 13.4. The van der Waals surface area contributed by atoms with E-state index in [-0.39, 0.29) is 10.8 Å². The first-order chi connectivity index (χ1) is 35.5. The van der Waals surface area contributed by atoms with E-state index in [9.17, 15) is 0 Å². The third-order valence-corrected chi connectivity index (χ3v) is 17.0. The fraction of sp³-hybridized carbons (Fsp3) is 0.143. The lowest BCUT2D eigenvalue weighted by molar-refractivity contribution is 0.490. The molecule has 0 heterocycles. The molecule has 0 amide bonds. The van der Waals surface area contributed by atoms with Crippen LogP contribution in [0.25, 0.3) is 65.7 Å². The summed E-state index contributed by atoms with van der Waals surface area (Å²) in [4.78, 5) is 5.01. The number of benzene rings is 11. The van der Waals surface area contributed by atoms with Crippen LogP contribution >= 0.6 is 0 Å². The van der Waals surface area contributed by atoms with Crippen LogP contribution in [0.2, 0.25) is 0 Å². The summed E-state index contributed by atoms with van der Waals surface area (Å²) in [5, 5.41) is 7.33. The molecule has 2 aliphatic rings. The normalized spacial score (nSPS) is 13.7. The van der Waals surface area contributed by atoms with E-state index >= 15 is 0 Å². The number of nitrogens with zero attached hydrogens (tertiary/aromatic N) is 2. The zero-order valence-corrected chi connectivity index (χ0v) is 41.7. The van der Waals surface area contributed by atoms with E-state index in [1.54, 1.807) is 0 Å². The Morgan fingerprint density at radius 1 is 0.278 bits per heavy atom. The van der Waals surface area contributed by atoms with E-state index in [1.807, 2.05) is 0 Å². The van der Waals surface area contributed by atoms with Gasteiger partial charge >= 0.3 is 0 Å². The molecule has 0 bridgehead atoms. The van der Waals surface area contributed by atoms with Crippen molar-refractivity contribution in [2.45, 2.75) is 64.2 Å². The van der Waals surface area contributed by atoms with Crippen LogP contribution in [0.4, 0.5) is 34.1 Å². The molecule has 0 spiro atoms. The van der Waals surface area contributed by atoms with Crippen LogP contribution < -0.4 is 9.80 Å². The van der Waals surface area contributed by atoms with Gasteiger partial charge in [0, 0.05) is 44.1 Å². The van der Waals surface area contributed by atoms with E-state index < -0.39 is 0 Å². The Labute approximate surface area is 424 Å². The molecule has 0 aromatic heterocycles. The number of anilines is 6. The van der Waals surface area contributed by atoms with E-state index in [0.29, 0.717) is 0 Å². The maximum Gasteiger partial charge on any atom is 0.0540 e. The topological polar surface area (TPSA) is 6.48 Å². The summed E-state index contributed by atoms with van der Waals surface area (Å²) in [6.07, 6.45) is 4.18. The average Bonchev–Trinajstić information content (AvgIpc) is 3.90. The molecule has 0 N–H and O–H groups in total. The van der Waals surface area contributed by atoms with Crippen LogP contribution in [0.5, 0.6) is 0 Å². The maximum atomic E-state index is 2.53. The summed E-state index contributed by atoms with van der Waals surface area (Å²) >= 11 is 0. The molecule has 2 nitrogen and oxygen atoms in total. The summed E-state index contributed by atoms with van der Waals surface area (Å²) in [6, 6.07) is 86.7. The smallest absolute Gasteiger partial charge is 0.0540 e. The quantitative estimate of drug-likeness (QED) is 0.128. The Morgan fingerprint density at radius 2 is 0.653 bits per heavy atom. The van der Waals surface area contributed by atoms with Crippen LogP contribution in [0.1, 0.15) is 75.6 Å². The minimum absolute atomic E-state index is 0.0331. The second-order valence-corrected chi connectivity index (χ2v) is 20.0. The summed E-state index contributed by atoms with van der Waals surface area (Å²) in [5.41, 5.74) is 20.5. The second-order valence-electron chi connectivity index (χ2n) is 20.0. The van der Waals surface area contributed by atoms with Crippen LogP contribution in [0, 0.1) is 0 Å². The van der Waals surface area contributed by atoms with Gasteiger partial charge in [-0.3, -0.25) is 0 Å². The van der Waals surface area contributed by atoms with Crippen LogP contribution in [0.15, 0.2) is 231 Å². The second kappa shape index (κ2) is 17.3. The molecule has 72 heavy (non-hydrogen) atoms. The molecule has 0 aliphatic heterocycles. The molecular weight excluding hydrogens is 869 g/mol. The lowest BCUT2D eigenvalue weighted by Gasteiger charge is -2.32. The Balaban J connectivity index is 0.956. The van der Waals surface area contributed by atoms with E-state index in [0.717, 1.165) is 37.1 Å². The molecule has 11 aromatic rings. The van der Waals surface area contributed by atoms with Crippen LogP contribution in [-0.4, -0.2) is 0 Å². The Morgan fingerprint density at radius 3 is 1.21 bits per heavy atom. The van der Waals surface area contributed by atoms with Crippen molar-refractivity contribution in [2.75, 3.05) is 9.80 Å². The fourth-order valence-electron chi connectivity index (χ4n) is 13.4. The van der Waals surface area contributed by atoms with Crippen molar-refractivity contribution in [2.24, 2.45) is 0 Å². The van der Waals surface area contributed by atoms with E-state index in [4.69, 9.17) is 0 Å². The molecule has 2 aliphatic carbocycles. The highest BCUT2D eigenvalue weighted by atomic mass is 15.2. The SMILES string of the molecule is CCC1(CC)c2ccccc2-c2ccc(N(c3ccc(-c4cccc5c(N(c6ccc7c(c6)C(CC)(CC)c6ccccc6-7)c6cccc7ccccc67)cccc45)cc3)c3cccc4ccccc34)cc21. The van der Waals surface area contributed by atoms with Crippen LogP contribution in [-0.2, 0) is 10.8 Å². The van der Waals surface area contributed by atoms with Crippen molar-refractivity contribution in [3.05, 3.63) is 253 Å². The summed E-state index contributed by atoms with van der Waals surface area (Å²) in [7, 11) is 0. The van der Waals surface area contributed by atoms with Gasteiger partial charge in [0.05, 0.1) is 17.1 Å². The summed E-state index contributed by atoms with van der Waals surface area (Å²) < 4.78 is 0. The van der Waals surface area contributed by atoms with Crippen molar-refractivity contribution in [1.29, 1.82) is 0 Å². The van der Waals surface area contributed by atoms with Gasteiger partial charge in [-0.15, -0.1) is 0 Å². The molecule has 13 rings (SSSR count). The van der Waals surface area contributed by atoms with Crippen LogP contribution in [0.3, 0.4) is 0 Å². The zero-order chi connectivity index (χ0) is 48.6. The summed E-state index contributed by atoms with van der Waals surface area (Å²) in [5.74, 6) is 0. The minimum atomic E-state index is -0.0460. The summed E-state index contributed by atoms with van der Waals surface area (Å²) in [6.45, 7) is 9.44. The van der Waals surface area contributed by atoms with Gasteiger partial charge < -0.3 is 9.80 Å². The van der Waals surface area contributed by atoms with Gasteiger partial charge in [0.25, 0.3) is 0 Å². The standard InChI is InChI=1S/C70H58N2/c1-5-69(6-2)62-32-15-13-27-57(62)59-43-41-51(45-64(59)69)71(66-34-17-23-47-21-9-11-25-54(47)66)50-39-37-49(38-40-50)53-29-19-31-61-56(53)30-20-36-68(61)72(67-35-18-24-48-22-10-12-26-55(48)67)52-42-44-60-58-28-14-16-33-63(58)70(7-3,8-4)65(60)46-52/h9-46H,5-8H2,1-4H3. The highest BCUT2D eigenvalue weighted by Gasteiger charge is 2.42. The lowest BCUT2D eigenvalue weighted by atomic mass is 9.74. The minimum Gasteiger partial charge on any atom is -0.310 e. The monoisotopic (exact) mass is 926 g/mol. The van der Waals surface area contributed by atoms with Crippen molar-refractivity contribution < 1.29 is 0 Å². The predicted molar refractivity (Wildman–Crippen MR) is 307 cm³/mol. The van der Waals surface area contributed by atoms with Crippen molar-refractivity contribution in [3.63, 3.8) is 0 Å². The van der Waals surface area contributed by atoms with Gasteiger partial charge in [-0.2, -0.15) is 0 Å². The molecule has 0 fully saturated rings. The van der Waals surface area contributed by atoms with Crippen molar-refractivity contribution >= 4 is 66.4 Å².